The smallest absolute Gasteiger partial charge is 0.310 e. The molecule has 144 valence electrons. The molecule has 3 rings (SSSR count). The van der Waals surface area contributed by atoms with E-state index < -0.39 is 0 Å². The lowest BCUT2D eigenvalue weighted by Crippen LogP contribution is -2.43. The van der Waals surface area contributed by atoms with Gasteiger partial charge < -0.3 is 14.2 Å². The third-order valence-electron chi connectivity index (χ3n) is 5.80. The van der Waals surface area contributed by atoms with Crippen LogP contribution in [-0.2, 0) is 22.4 Å². The molecule has 1 amide bonds. The van der Waals surface area contributed by atoms with Gasteiger partial charge in [0.15, 0.2) is 5.69 Å². The summed E-state index contributed by atoms with van der Waals surface area (Å²) in [6.45, 7) is 9.96. The highest BCUT2D eigenvalue weighted by Crippen LogP contribution is 2.38. The molecule has 2 atom stereocenters. The summed E-state index contributed by atoms with van der Waals surface area (Å²) in [6, 6.07) is 0. The molecule has 0 spiro atoms. The maximum absolute atomic E-state index is 13.1. The van der Waals surface area contributed by atoms with E-state index in [0.717, 1.165) is 43.4 Å². The van der Waals surface area contributed by atoms with Crippen molar-refractivity contribution in [2.24, 2.45) is 17.3 Å². The third kappa shape index (κ3) is 3.79. The standard InChI is InChI=1S/C20H30N2O4/c1-5-25-19(24)13-7-6-10-22(12-13)18(23)17-15-11-14(20(2,3)4)8-9-16(15)26-21-17/h13-14H,5-12H2,1-4H3/t13-,14-/m1/s1. The summed E-state index contributed by atoms with van der Waals surface area (Å²) in [7, 11) is 0. The molecule has 1 aliphatic heterocycles. The topological polar surface area (TPSA) is 72.6 Å². The van der Waals surface area contributed by atoms with Crippen LogP contribution < -0.4 is 0 Å². The Morgan fingerprint density at radius 1 is 1.31 bits per heavy atom. The Morgan fingerprint density at radius 3 is 2.77 bits per heavy atom. The molecule has 0 N–H and O–H groups in total. The molecule has 2 heterocycles. The van der Waals surface area contributed by atoms with Gasteiger partial charge in [0, 0.05) is 25.1 Å². The molecule has 1 saturated heterocycles. The number of nitrogens with zero attached hydrogens (tertiary/aromatic N) is 2. The second-order valence-corrected chi connectivity index (χ2v) is 8.58. The average molecular weight is 362 g/mol. The Balaban J connectivity index is 1.75. The Morgan fingerprint density at radius 2 is 2.08 bits per heavy atom. The number of fused-ring (bicyclic) bond motifs is 1. The van der Waals surface area contributed by atoms with Crippen LogP contribution in [0.5, 0.6) is 0 Å². The predicted molar refractivity (Wildman–Crippen MR) is 96.7 cm³/mol. The number of amides is 1. The fourth-order valence-electron chi connectivity index (χ4n) is 4.08. The number of carbonyl (C=O) groups excluding carboxylic acids is 2. The van der Waals surface area contributed by atoms with Gasteiger partial charge in [-0.15, -0.1) is 0 Å². The highest BCUT2D eigenvalue weighted by Gasteiger charge is 2.37. The van der Waals surface area contributed by atoms with Gasteiger partial charge in [0.25, 0.3) is 5.91 Å². The molecule has 6 heteroatoms. The van der Waals surface area contributed by atoms with E-state index in [1.807, 2.05) is 0 Å². The minimum absolute atomic E-state index is 0.112. The first-order valence-corrected chi connectivity index (χ1v) is 9.74. The summed E-state index contributed by atoms with van der Waals surface area (Å²) in [5.74, 6) is 0.804. The molecule has 0 unspecified atom stereocenters. The third-order valence-corrected chi connectivity index (χ3v) is 5.80. The van der Waals surface area contributed by atoms with Crippen molar-refractivity contribution < 1.29 is 18.8 Å². The number of piperidine rings is 1. The van der Waals surface area contributed by atoms with Crippen molar-refractivity contribution in [2.75, 3.05) is 19.7 Å². The van der Waals surface area contributed by atoms with E-state index in [1.54, 1.807) is 11.8 Å². The maximum atomic E-state index is 13.1. The van der Waals surface area contributed by atoms with Crippen LogP contribution in [0, 0.1) is 17.3 Å². The molecular formula is C20H30N2O4. The number of hydrogen-bond donors (Lipinski definition) is 0. The maximum Gasteiger partial charge on any atom is 0.310 e. The Hall–Kier alpha value is -1.85. The van der Waals surface area contributed by atoms with Crippen LogP contribution in [0.15, 0.2) is 4.52 Å². The molecule has 1 aliphatic carbocycles. The van der Waals surface area contributed by atoms with Gasteiger partial charge in [0.05, 0.1) is 12.5 Å². The van der Waals surface area contributed by atoms with Crippen molar-refractivity contribution in [1.29, 1.82) is 0 Å². The zero-order chi connectivity index (χ0) is 18.9. The van der Waals surface area contributed by atoms with Crippen LogP contribution in [0.1, 0.15) is 68.8 Å². The van der Waals surface area contributed by atoms with Crippen molar-refractivity contribution in [1.82, 2.24) is 10.1 Å². The first-order valence-electron chi connectivity index (χ1n) is 9.74. The SMILES string of the molecule is CCOC(=O)[C@@H]1CCCN(C(=O)c2noc3c2C[C@H](C(C)(C)C)CC3)C1. The fraction of sp³-hybridized carbons (Fsp3) is 0.750. The van der Waals surface area contributed by atoms with E-state index in [4.69, 9.17) is 9.26 Å². The number of ether oxygens (including phenoxy) is 1. The van der Waals surface area contributed by atoms with E-state index in [0.29, 0.717) is 31.3 Å². The lowest BCUT2D eigenvalue weighted by Gasteiger charge is -2.34. The van der Waals surface area contributed by atoms with E-state index in [-0.39, 0.29) is 23.2 Å². The minimum Gasteiger partial charge on any atom is -0.466 e. The molecule has 0 aromatic carbocycles. The van der Waals surface area contributed by atoms with Gasteiger partial charge in [-0.1, -0.05) is 25.9 Å². The molecule has 1 aromatic rings. The van der Waals surface area contributed by atoms with Crippen molar-refractivity contribution >= 4 is 11.9 Å². The van der Waals surface area contributed by atoms with Gasteiger partial charge in [-0.3, -0.25) is 9.59 Å². The van der Waals surface area contributed by atoms with Crippen molar-refractivity contribution in [2.45, 2.75) is 59.8 Å². The molecule has 2 aliphatic rings. The van der Waals surface area contributed by atoms with E-state index in [2.05, 4.69) is 25.9 Å². The van der Waals surface area contributed by atoms with Crippen molar-refractivity contribution in [3.8, 4) is 0 Å². The summed E-state index contributed by atoms with van der Waals surface area (Å²) in [5.41, 5.74) is 1.60. The number of aryl methyl sites for hydroxylation is 1. The zero-order valence-electron chi connectivity index (χ0n) is 16.3. The first kappa shape index (κ1) is 18.9. The van der Waals surface area contributed by atoms with Crippen LogP contribution in [0.25, 0.3) is 0 Å². The Bertz CT molecular complexity index is 674. The highest BCUT2D eigenvalue weighted by atomic mass is 16.5. The van der Waals surface area contributed by atoms with Crippen LogP contribution in [0.2, 0.25) is 0 Å². The predicted octanol–water partition coefficient (Wildman–Crippen LogP) is 3.24. The average Bonchev–Trinajstić information content (AvgIpc) is 3.04. The Kier molecular flexibility index (Phi) is 5.39. The van der Waals surface area contributed by atoms with Gasteiger partial charge >= 0.3 is 5.97 Å². The van der Waals surface area contributed by atoms with Gasteiger partial charge in [0.1, 0.15) is 5.76 Å². The summed E-state index contributed by atoms with van der Waals surface area (Å²) in [5, 5.41) is 4.11. The number of esters is 1. The molecule has 1 aromatic heterocycles. The van der Waals surface area contributed by atoms with Gasteiger partial charge in [-0.2, -0.15) is 0 Å². The Labute approximate surface area is 155 Å². The van der Waals surface area contributed by atoms with E-state index >= 15 is 0 Å². The normalized spacial score (nSPS) is 23.5. The zero-order valence-corrected chi connectivity index (χ0v) is 16.3. The van der Waals surface area contributed by atoms with Crippen LogP contribution in [0.3, 0.4) is 0 Å². The van der Waals surface area contributed by atoms with Crippen LogP contribution >= 0.6 is 0 Å². The second-order valence-electron chi connectivity index (χ2n) is 8.58. The fourth-order valence-corrected chi connectivity index (χ4v) is 4.08. The molecule has 0 saturated carbocycles. The minimum atomic E-state index is -0.238. The van der Waals surface area contributed by atoms with Gasteiger partial charge in [-0.05, 0) is 43.9 Å². The van der Waals surface area contributed by atoms with Crippen molar-refractivity contribution in [3.05, 3.63) is 17.0 Å². The molecule has 0 radical (unpaired) electrons. The molecular weight excluding hydrogens is 332 g/mol. The quantitative estimate of drug-likeness (QED) is 0.772. The van der Waals surface area contributed by atoms with E-state index in [1.165, 1.54) is 0 Å². The van der Waals surface area contributed by atoms with Crippen LogP contribution in [0.4, 0.5) is 0 Å². The van der Waals surface area contributed by atoms with Crippen molar-refractivity contribution in [3.63, 3.8) is 0 Å². The number of rotatable bonds is 3. The summed E-state index contributed by atoms with van der Waals surface area (Å²) in [4.78, 5) is 26.9. The molecule has 26 heavy (non-hydrogen) atoms. The second kappa shape index (κ2) is 7.41. The number of hydrogen-bond acceptors (Lipinski definition) is 5. The summed E-state index contributed by atoms with van der Waals surface area (Å²) in [6.07, 6.45) is 4.31. The molecule has 6 nitrogen and oxygen atoms in total. The number of likely N-dealkylation sites (tertiary alicyclic amines) is 1. The largest absolute Gasteiger partial charge is 0.466 e. The van der Waals surface area contributed by atoms with E-state index in [9.17, 15) is 9.59 Å². The highest BCUT2D eigenvalue weighted by molar-refractivity contribution is 5.94. The number of carbonyl (C=O) groups is 2. The van der Waals surface area contributed by atoms with Gasteiger partial charge in [0.2, 0.25) is 0 Å². The van der Waals surface area contributed by atoms with Crippen LogP contribution in [-0.4, -0.2) is 41.6 Å². The monoisotopic (exact) mass is 362 g/mol. The lowest BCUT2D eigenvalue weighted by atomic mass is 9.71. The summed E-state index contributed by atoms with van der Waals surface area (Å²) >= 11 is 0. The molecule has 1 fully saturated rings. The number of aromatic nitrogens is 1. The first-order chi connectivity index (χ1) is 12.3. The summed E-state index contributed by atoms with van der Waals surface area (Å²) < 4.78 is 10.6. The molecule has 0 bridgehead atoms. The lowest BCUT2D eigenvalue weighted by molar-refractivity contribution is -0.149. The van der Waals surface area contributed by atoms with Gasteiger partial charge in [-0.25, -0.2) is 0 Å².